The van der Waals surface area contributed by atoms with Gasteiger partial charge in [-0.2, -0.15) is 0 Å². The predicted molar refractivity (Wildman–Crippen MR) is 80.0 cm³/mol. The van der Waals surface area contributed by atoms with E-state index in [2.05, 4.69) is 10.2 Å². The number of piperidine rings is 1. The van der Waals surface area contributed by atoms with Crippen LogP contribution >= 0.6 is 0 Å². The van der Waals surface area contributed by atoms with Crippen molar-refractivity contribution in [2.75, 3.05) is 19.6 Å². The van der Waals surface area contributed by atoms with Gasteiger partial charge in [0.15, 0.2) is 0 Å². The van der Waals surface area contributed by atoms with Crippen molar-refractivity contribution in [1.82, 2.24) is 10.2 Å². The summed E-state index contributed by atoms with van der Waals surface area (Å²) in [5.41, 5.74) is 6.05. The average Bonchev–Trinajstić information content (AvgIpc) is 2.39. The summed E-state index contributed by atoms with van der Waals surface area (Å²) >= 11 is 0. The van der Waals surface area contributed by atoms with Crippen LogP contribution in [0.5, 0.6) is 11.5 Å². The Balaban J connectivity index is 1.86. The molecule has 1 aliphatic rings. The maximum Gasteiger partial charge on any atom is 0.231 e. The number of phenolic OH excluding ortho intramolecular Hbond substituents is 2. The topological polar surface area (TPSA) is 98.8 Å². The molecule has 1 amide bonds. The summed E-state index contributed by atoms with van der Waals surface area (Å²) in [5.74, 6) is -0.158. The van der Waals surface area contributed by atoms with Gasteiger partial charge in [0.2, 0.25) is 5.91 Å². The molecule has 1 unspecified atom stereocenters. The van der Waals surface area contributed by atoms with Crippen molar-refractivity contribution in [2.24, 2.45) is 5.73 Å². The van der Waals surface area contributed by atoms with Crippen molar-refractivity contribution in [2.45, 2.75) is 31.8 Å². The van der Waals surface area contributed by atoms with Crippen LogP contribution in [0.15, 0.2) is 18.2 Å². The number of carbonyl (C=O) groups excluding carboxylic acids is 1. The second-order valence-corrected chi connectivity index (χ2v) is 5.69. The Bertz CT molecular complexity index is 479. The second kappa shape index (κ2) is 6.78. The van der Waals surface area contributed by atoms with Gasteiger partial charge in [0.1, 0.15) is 11.5 Å². The summed E-state index contributed by atoms with van der Waals surface area (Å²) in [6.07, 6.45) is 1.89. The number of nitrogens with two attached hydrogens (primary N) is 1. The van der Waals surface area contributed by atoms with E-state index < -0.39 is 0 Å². The fourth-order valence-corrected chi connectivity index (χ4v) is 2.80. The van der Waals surface area contributed by atoms with Crippen LogP contribution in [0.1, 0.15) is 31.4 Å². The van der Waals surface area contributed by atoms with Crippen molar-refractivity contribution in [3.05, 3.63) is 23.8 Å². The molecule has 1 aliphatic heterocycles. The molecule has 0 aromatic heterocycles. The van der Waals surface area contributed by atoms with Gasteiger partial charge in [0.25, 0.3) is 0 Å². The molecule has 0 radical (unpaired) electrons. The summed E-state index contributed by atoms with van der Waals surface area (Å²) in [5, 5.41) is 22.6. The van der Waals surface area contributed by atoms with Gasteiger partial charge in [0.05, 0.1) is 6.54 Å². The first-order valence-corrected chi connectivity index (χ1v) is 7.23. The second-order valence-electron chi connectivity index (χ2n) is 5.69. The van der Waals surface area contributed by atoms with Crippen LogP contribution in [0.3, 0.4) is 0 Å². The third kappa shape index (κ3) is 4.61. The fourth-order valence-electron chi connectivity index (χ4n) is 2.80. The first-order valence-electron chi connectivity index (χ1n) is 7.23. The molecule has 1 fully saturated rings. The summed E-state index contributed by atoms with van der Waals surface area (Å²) in [4.78, 5) is 13.0. The highest BCUT2D eigenvalue weighted by Crippen LogP contribution is 2.25. The van der Waals surface area contributed by atoms with Crippen molar-refractivity contribution in [3.63, 3.8) is 0 Å². The van der Waals surface area contributed by atoms with Gasteiger partial charge in [-0.25, -0.2) is 0 Å². The highest BCUT2D eigenvalue weighted by atomic mass is 16.3. The molecule has 5 N–H and O–H groups in total. The molecule has 6 nitrogen and oxygen atoms in total. The summed E-state index contributed by atoms with van der Waals surface area (Å²) in [6, 6.07) is 5.02. The van der Waals surface area contributed by atoms with Crippen LogP contribution in [0, 0.1) is 0 Å². The van der Waals surface area contributed by atoms with Gasteiger partial charge in [-0.3, -0.25) is 9.69 Å². The van der Waals surface area contributed by atoms with Gasteiger partial charge in [0, 0.05) is 31.2 Å². The summed E-state index contributed by atoms with van der Waals surface area (Å²) < 4.78 is 0. The highest BCUT2D eigenvalue weighted by Gasteiger charge is 2.21. The van der Waals surface area contributed by atoms with E-state index in [4.69, 9.17) is 5.73 Å². The molecular weight excluding hydrogens is 270 g/mol. The van der Waals surface area contributed by atoms with E-state index in [1.54, 1.807) is 12.1 Å². The Hall–Kier alpha value is -1.79. The van der Waals surface area contributed by atoms with Crippen LogP contribution in [-0.4, -0.2) is 46.7 Å². The third-order valence-corrected chi connectivity index (χ3v) is 3.88. The minimum Gasteiger partial charge on any atom is -0.508 e. The third-order valence-electron chi connectivity index (χ3n) is 3.88. The number of rotatable bonds is 5. The van der Waals surface area contributed by atoms with Gasteiger partial charge >= 0.3 is 0 Å². The molecule has 6 heteroatoms. The monoisotopic (exact) mass is 293 g/mol. The fraction of sp³-hybridized carbons (Fsp3) is 0.533. The molecule has 0 aliphatic carbocycles. The molecule has 1 saturated heterocycles. The Morgan fingerprint density at radius 3 is 2.43 bits per heavy atom. The quantitative estimate of drug-likeness (QED) is 0.640. The Labute approximate surface area is 124 Å². The maximum atomic E-state index is 10.9. The number of aromatic hydroxyl groups is 2. The van der Waals surface area contributed by atoms with Crippen LogP contribution in [0.2, 0.25) is 0 Å². The van der Waals surface area contributed by atoms with Crippen molar-refractivity contribution in [3.8, 4) is 11.5 Å². The molecule has 1 aromatic rings. The number of hydrogen-bond donors (Lipinski definition) is 4. The number of nitrogens with one attached hydrogen (secondary N) is 1. The first kappa shape index (κ1) is 15.6. The minimum atomic E-state index is -0.287. The standard InChI is InChI=1S/C15H23N3O3/c1-10(11-6-13(19)8-14(20)7-11)17-12-2-4-18(5-3-12)9-15(16)21/h6-8,10,12,17,19-20H,2-5,9H2,1H3,(H2,16,21). The zero-order valence-electron chi connectivity index (χ0n) is 12.2. The summed E-state index contributed by atoms with van der Waals surface area (Å²) in [7, 11) is 0. The zero-order valence-corrected chi connectivity index (χ0v) is 12.2. The Morgan fingerprint density at radius 2 is 1.90 bits per heavy atom. The number of primary amides is 1. The van der Waals surface area contributed by atoms with Crippen molar-refractivity contribution in [1.29, 1.82) is 0 Å². The lowest BCUT2D eigenvalue weighted by Crippen LogP contribution is -2.45. The van der Waals surface area contributed by atoms with Gasteiger partial charge in [-0.15, -0.1) is 0 Å². The van der Waals surface area contributed by atoms with Crippen molar-refractivity contribution >= 4 is 5.91 Å². The van der Waals surface area contributed by atoms with E-state index in [0.717, 1.165) is 31.5 Å². The Morgan fingerprint density at radius 1 is 1.33 bits per heavy atom. The smallest absolute Gasteiger partial charge is 0.231 e. The molecule has 0 saturated carbocycles. The van der Waals surface area contributed by atoms with Crippen LogP contribution in [-0.2, 0) is 4.79 Å². The highest BCUT2D eigenvalue weighted by molar-refractivity contribution is 5.75. The van der Waals surface area contributed by atoms with E-state index in [1.165, 1.54) is 6.07 Å². The van der Waals surface area contributed by atoms with Crippen LogP contribution < -0.4 is 11.1 Å². The number of amides is 1. The maximum absolute atomic E-state index is 10.9. The molecule has 2 rings (SSSR count). The van der Waals surface area contributed by atoms with E-state index in [-0.39, 0.29) is 23.4 Å². The number of hydrogen-bond acceptors (Lipinski definition) is 5. The van der Waals surface area contributed by atoms with E-state index in [0.29, 0.717) is 12.6 Å². The molecular formula is C15H23N3O3. The zero-order chi connectivity index (χ0) is 15.4. The SMILES string of the molecule is CC(NC1CCN(CC(N)=O)CC1)c1cc(O)cc(O)c1. The lowest BCUT2D eigenvalue weighted by molar-refractivity contribution is -0.119. The largest absolute Gasteiger partial charge is 0.508 e. The molecule has 0 bridgehead atoms. The van der Waals surface area contributed by atoms with Crippen LogP contribution in [0.25, 0.3) is 0 Å². The molecule has 21 heavy (non-hydrogen) atoms. The number of carbonyl (C=O) groups is 1. The normalized spacial score (nSPS) is 18.5. The van der Waals surface area contributed by atoms with Gasteiger partial charge in [-0.1, -0.05) is 0 Å². The van der Waals surface area contributed by atoms with Crippen molar-refractivity contribution < 1.29 is 15.0 Å². The van der Waals surface area contributed by atoms with E-state index in [1.807, 2.05) is 6.92 Å². The summed E-state index contributed by atoms with van der Waals surface area (Å²) in [6.45, 7) is 4.02. The number of likely N-dealkylation sites (tertiary alicyclic amines) is 1. The Kier molecular flexibility index (Phi) is 5.03. The minimum absolute atomic E-state index is 0.0377. The molecule has 1 atom stereocenters. The van der Waals surface area contributed by atoms with Crippen LogP contribution in [0.4, 0.5) is 0 Å². The van der Waals surface area contributed by atoms with E-state index >= 15 is 0 Å². The number of phenols is 2. The molecule has 1 aromatic carbocycles. The molecule has 1 heterocycles. The first-order chi connectivity index (χ1) is 9.94. The molecule has 0 spiro atoms. The van der Waals surface area contributed by atoms with Gasteiger partial charge in [-0.05, 0) is 37.5 Å². The number of nitrogens with zero attached hydrogens (tertiary/aromatic N) is 1. The number of benzene rings is 1. The predicted octanol–water partition coefficient (Wildman–Crippen LogP) is 0.698. The molecule has 116 valence electrons. The van der Waals surface area contributed by atoms with Gasteiger partial charge < -0.3 is 21.3 Å². The lowest BCUT2D eigenvalue weighted by Gasteiger charge is -2.33. The lowest BCUT2D eigenvalue weighted by atomic mass is 10.0. The average molecular weight is 293 g/mol. The van der Waals surface area contributed by atoms with E-state index in [9.17, 15) is 15.0 Å².